The average Bonchev–Trinajstić information content (AvgIpc) is 2.76. The van der Waals surface area contributed by atoms with E-state index in [1.807, 2.05) is 6.92 Å². The van der Waals surface area contributed by atoms with Gasteiger partial charge in [-0.25, -0.2) is 19.3 Å². The number of hydrogen-bond donors (Lipinski definition) is 3. The molecule has 1 unspecified atom stereocenters. The minimum absolute atomic E-state index is 0.222. The molecule has 0 fully saturated rings. The highest BCUT2D eigenvalue weighted by Gasteiger charge is 2.06. The Bertz CT molecular complexity index is 604. The largest absolute Gasteiger partial charge is 0.396 e. The normalized spacial score (nSPS) is 12.8. The van der Waals surface area contributed by atoms with Crippen molar-refractivity contribution >= 4 is 11.5 Å². The van der Waals surface area contributed by atoms with Gasteiger partial charge in [-0.15, -0.1) is 0 Å². The maximum atomic E-state index is 11.4. The van der Waals surface area contributed by atoms with Crippen molar-refractivity contribution < 1.29 is 5.11 Å². The Labute approximate surface area is 110 Å². The van der Waals surface area contributed by atoms with E-state index in [1.165, 1.54) is 4.40 Å². The lowest BCUT2D eigenvalue weighted by Crippen LogP contribution is -2.14. The fourth-order valence-corrected chi connectivity index (χ4v) is 1.95. The summed E-state index contributed by atoms with van der Waals surface area (Å²) in [6.45, 7) is 4.79. The van der Waals surface area contributed by atoms with Crippen molar-refractivity contribution in [3.05, 3.63) is 22.4 Å². The van der Waals surface area contributed by atoms with E-state index in [0.717, 1.165) is 19.4 Å². The fourth-order valence-electron chi connectivity index (χ4n) is 1.95. The second-order valence-corrected chi connectivity index (χ2v) is 4.77. The first-order valence-electron chi connectivity index (χ1n) is 6.41. The number of aromatic amines is 1. The van der Waals surface area contributed by atoms with Gasteiger partial charge in [-0.05, 0) is 25.7 Å². The zero-order valence-corrected chi connectivity index (χ0v) is 11.2. The van der Waals surface area contributed by atoms with Crippen molar-refractivity contribution in [2.24, 2.45) is 5.92 Å². The van der Waals surface area contributed by atoms with E-state index in [9.17, 15) is 4.79 Å². The number of aliphatic hydroxyl groups excluding tert-OH is 1. The van der Waals surface area contributed by atoms with E-state index in [1.54, 1.807) is 13.0 Å². The lowest BCUT2D eigenvalue weighted by atomic mass is 10.1. The van der Waals surface area contributed by atoms with Crippen LogP contribution in [0, 0.1) is 12.8 Å². The number of rotatable bonds is 6. The van der Waals surface area contributed by atoms with Gasteiger partial charge in [0.1, 0.15) is 11.6 Å². The first kappa shape index (κ1) is 13.5. The third-order valence-electron chi connectivity index (χ3n) is 3.06. The van der Waals surface area contributed by atoms with Gasteiger partial charge in [-0.3, -0.25) is 0 Å². The van der Waals surface area contributed by atoms with Gasteiger partial charge in [0.15, 0.2) is 5.65 Å². The summed E-state index contributed by atoms with van der Waals surface area (Å²) in [6.07, 6.45) is 1.92. The molecule has 0 radical (unpaired) electrons. The predicted octanol–water partition coefficient (Wildman–Crippen LogP) is 0.547. The number of hydrogen-bond acceptors (Lipinski definition) is 5. The van der Waals surface area contributed by atoms with Gasteiger partial charge in [-0.2, -0.15) is 5.10 Å². The van der Waals surface area contributed by atoms with Crippen molar-refractivity contribution in [3.63, 3.8) is 0 Å². The van der Waals surface area contributed by atoms with Gasteiger partial charge in [0.05, 0.1) is 0 Å². The Kier molecular flexibility index (Phi) is 4.16. The van der Waals surface area contributed by atoms with Gasteiger partial charge in [0.2, 0.25) is 0 Å². The average molecular weight is 265 g/mol. The quantitative estimate of drug-likeness (QED) is 0.663. The Hall–Kier alpha value is -1.89. The molecule has 0 aliphatic rings. The van der Waals surface area contributed by atoms with Crippen LogP contribution in [0.3, 0.4) is 0 Å². The van der Waals surface area contributed by atoms with Crippen LogP contribution < -0.4 is 11.0 Å². The van der Waals surface area contributed by atoms with Crippen molar-refractivity contribution in [2.75, 3.05) is 18.5 Å². The van der Waals surface area contributed by atoms with Crippen LogP contribution in [-0.4, -0.2) is 37.8 Å². The van der Waals surface area contributed by atoms with Crippen LogP contribution in [0.5, 0.6) is 0 Å². The zero-order valence-electron chi connectivity index (χ0n) is 11.2. The second-order valence-electron chi connectivity index (χ2n) is 4.77. The van der Waals surface area contributed by atoms with E-state index >= 15 is 0 Å². The monoisotopic (exact) mass is 265 g/mol. The van der Waals surface area contributed by atoms with Gasteiger partial charge < -0.3 is 10.4 Å². The highest BCUT2D eigenvalue weighted by Crippen LogP contribution is 2.09. The Morgan fingerprint density at radius 1 is 1.58 bits per heavy atom. The van der Waals surface area contributed by atoms with E-state index in [2.05, 4.69) is 20.5 Å². The molecule has 104 valence electrons. The van der Waals surface area contributed by atoms with Crippen LogP contribution >= 0.6 is 0 Å². The summed E-state index contributed by atoms with van der Waals surface area (Å²) in [5.41, 5.74) is 0.284. The van der Waals surface area contributed by atoms with Crippen LogP contribution in [-0.2, 0) is 0 Å². The lowest BCUT2D eigenvalue weighted by Gasteiger charge is -2.09. The summed E-state index contributed by atoms with van der Waals surface area (Å²) < 4.78 is 1.43. The topological polar surface area (TPSA) is 95.3 Å². The van der Waals surface area contributed by atoms with Gasteiger partial charge >= 0.3 is 5.69 Å². The number of aromatic nitrogens is 4. The first-order chi connectivity index (χ1) is 9.11. The predicted molar refractivity (Wildman–Crippen MR) is 72.3 cm³/mol. The molecule has 0 saturated heterocycles. The first-order valence-corrected chi connectivity index (χ1v) is 6.41. The van der Waals surface area contributed by atoms with Crippen molar-refractivity contribution in [1.29, 1.82) is 0 Å². The molecular weight excluding hydrogens is 246 g/mol. The van der Waals surface area contributed by atoms with E-state index in [4.69, 9.17) is 5.11 Å². The molecule has 2 aromatic rings. The molecule has 3 N–H and O–H groups in total. The highest BCUT2D eigenvalue weighted by atomic mass is 16.3. The molecule has 0 amide bonds. The van der Waals surface area contributed by atoms with Crippen molar-refractivity contribution in [2.45, 2.75) is 26.7 Å². The Morgan fingerprint density at radius 3 is 3.11 bits per heavy atom. The molecule has 0 aromatic carbocycles. The lowest BCUT2D eigenvalue weighted by molar-refractivity contribution is 0.229. The van der Waals surface area contributed by atoms with Gasteiger partial charge in [0.25, 0.3) is 0 Å². The molecule has 7 heteroatoms. The molecule has 0 aliphatic heterocycles. The molecule has 0 spiro atoms. The van der Waals surface area contributed by atoms with Crippen LogP contribution in [0.15, 0.2) is 10.9 Å². The highest BCUT2D eigenvalue weighted by molar-refractivity contribution is 5.49. The zero-order chi connectivity index (χ0) is 13.8. The third-order valence-corrected chi connectivity index (χ3v) is 3.06. The summed E-state index contributed by atoms with van der Waals surface area (Å²) in [4.78, 5) is 15.8. The van der Waals surface area contributed by atoms with Crippen LogP contribution in [0.1, 0.15) is 25.6 Å². The smallest absolute Gasteiger partial charge is 0.349 e. The molecule has 2 heterocycles. The minimum atomic E-state index is -0.275. The van der Waals surface area contributed by atoms with E-state index in [-0.39, 0.29) is 12.3 Å². The van der Waals surface area contributed by atoms with Crippen LogP contribution in [0.4, 0.5) is 5.82 Å². The van der Waals surface area contributed by atoms with Gasteiger partial charge in [0, 0.05) is 19.2 Å². The molecule has 2 aromatic heterocycles. The SMILES string of the molecule is Cc1nc(NCCCC(C)CO)cc2n[nH]c(=O)n12. The number of nitrogens with zero attached hydrogens (tertiary/aromatic N) is 3. The fraction of sp³-hybridized carbons (Fsp3) is 0.583. The number of H-pyrrole nitrogens is 1. The number of anilines is 1. The standard InChI is InChI=1S/C12H19N5O2/c1-8(7-18)4-3-5-13-10-6-11-15-16-12(19)17(11)9(2)14-10/h6,8,13,18H,3-5,7H2,1-2H3,(H,16,19). The molecule has 0 bridgehead atoms. The second kappa shape index (κ2) is 5.83. The molecule has 0 saturated carbocycles. The van der Waals surface area contributed by atoms with Gasteiger partial charge in [-0.1, -0.05) is 6.92 Å². The summed E-state index contributed by atoms with van der Waals surface area (Å²) in [5.74, 6) is 1.63. The Morgan fingerprint density at radius 2 is 2.37 bits per heavy atom. The number of fused-ring (bicyclic) bond motifs is 1. The van der Waals surface area contributed by atoms with Crippen molar-refractivity contribution in [3.8, 4) is 0 Å². The number of nitrogens with one attached hydrogen (secondary N) is 2. The number of aryl methyl sites for hydroxylation is 1. The maximum absolute atomic E-state index is 11.4. The van der Waals surface area contributed by atoms with Crippen LogP contribution in [0.2, 0.25) is 0 Å². The van der Waals surface area contributed by atoms with E-state index in [0.29, 0.717) is 23.2 Å². The minimum Gasteiger partial charge on any atom is -0.396 e. The molecule has 0 aliphatic carbocycles. The maximum Gasteiger partial charge on any atom is 0.349 e. The van der Waals surface area contributed by atoms with Crippen molar-refractivity contribution in [1.82, 2.24) is 19.6 Å². The molecule has 2 rings (SSSR count). The number of aliphatic hydroxyl groups is 1. The molecule has 1 atom stereocenters. The third kappa shape index (κ3) is 3.11. The Balaban J connectivity index is 2.00. The molecule has 19 heavy (non-hydrogen) atoms. The van der Waals surface area contributed by atoms with Crippen LogP contribution in [0.25, 0.3) is 5.65 Å². The summed E-state index contributed by atoms with van der Waals surface area (Å²) in [5, 5.41) is 18.5. The molecular formula is C12H19N5O2. The summed E-state index contributed by atoms with van der Waals surface area (Å²) in [6, 6.07) is 1.74. The molecule has 7 nitrogen and oxygen atoms in total. The van der Waals surface area contributed by atoms with E-state index < -0.39 is 0 Å². The summed E-state index contributed by atoms with van der Waals surface area (Å²) >= 11 is 0. The summed E-state index contributed by atoms with van der Waals surface area (Å²) in [7, 11) is 0.